The molecule has 2 rings (SSSR count). The first kappa shape index (κ1) is 14.1. The van der Waals surface area contributed by atoms with E-state index >= 15 is 0 Å². The van der Waals surface area contributed by atoms with Gasteiger partial charge in [0.15, 0.2) is 0 Å². The normalized spacial score (nSPS) is 17.9. The van der Waals surface area contributed by atoms with Crippen molar-refractivity contribution in [1.29, 1.82) is 0 Å². The molecule has 104 valence electrons. The van der Waals surface area contributed by atoms with Crippen LogP contribution in [0.15, 0.2) is 24.3 Å². The number of carbonyl (C=O) groups excluding carboxylic acids is 1. The van der Waals surface area contributed by atoms with Gasteiger partial charge in [0, 0.05) is 19.6 Å². The lowest BCUT2D eigenvalue weighted by atomic mass is 9.95. The third kappa shape index (κ3) is 3.35. The summed E-state index contributed by atoms with van der Waals surface area (Å²) in [5.41, 5.74) is 2.64. The molecular weight excluding hydrogens is 236 g/mol. The molecule has 0 radical (unpaired) electrons. The van der Waals surface area contributed by atoms with E-state index < -0.39 is 0 Å². The van der Waals surface area contributed by atoms with Crippen molar-refractivity contribution in [2.45, 2.75) is 45.7 Å². The number of fused-ring (bicyclic) bond motifs is 1. The van der Waals surface area contributed by atoms with E-state index in [4.69, 9.17) is 0 Å². The van der Waals surface area contributed by atoms with Crippen molar-refractivity contribution in [2.24, 2.45) is 0 Å². The fourth-order valence-corrected chi connectivity index (χ4v) is 2.72. The van der Waals surface area contributed by atoms with E-state index in [1.807, 2.05) is 4.90 Å². The minimum atomic E-state index is -0.0481. The Labute approximate surface area is 116 Å². The number of hydrogen-bond acceptors (Lipinski definition) is 2. The lowest BCUT2D eigenvalue weighted by Crippen LogP contribution is -2.49. The Morgan fingerprint density at radius 1 is 1.21 bits per heavy atom. The fraction of sp³-hybridized carbons (Fsp3) is 0.562. The van der Waals surface area contributed by atoms with Crippen LogP contribution in [0, 0.1) is 0 Å². The first-order valence-corrected chi connectivity index (χ1v) is 7.35. The molecule has 19 heavy (non-hydrogen) atoms. The van der Waals surface area contributed by atoms with E-state index in [1.54, 1.807) is 0 Å². The van der Waals surface area contributed by atoms with Gasteiger partial charge in [-0.1, -0.05) is 38.1 Å². The summed E-state index contributed by atoms with van der Waals surface area (Å²) in [5, 5.41) is 3.38. The molecule has 3 nitrogen and oxygen atoms in total. The van der Waals surface area contributed by atoms with Crippen molar-refractivity contribution in [2.75, 3.05) is 13.1 Å². The molecule has 1 aliphatic rings. The molecule has 1 aromatic carbocycles. The standard InChI is InChI=1S/C16H24N2O/c1-3-9-18(10-4-2)16(19)15-11-13-7-5-6-8-14(13)12-17-15/h5-8,15,17H,3-4,9-12H2,1-2H3/t15-/m0/s1. The van der Waals surface area contributed by atoms with Gasteiger partial charge in [-0.3, -0.25) is 4.79 Å². The second kappa shape index (κ2) is 6.71. The first-order valence-electron chi connectivity index (χ1n) is 7.35. The van der Waals surface area contributed by atoms with E-state index in [2.05, 4.69) is 43.4 Å². The molecule has 0 aromatic heterocycles. The van der Waals surface area contributed by atoms with Crippen LogP contribution in [0.4, 0.5) is 0 Å². The third-order valence-corrected chi connectivity index (χ3v) is 3.68. The predicted octanol–water partition coefficient (Wildman–Crippen LogP) is 2.35. The number of nitrogens with one attached hydrogen (secondary N) is 1. The van der Waals surface area contributed by atoms with E-state index in [9.17, 15) is 4.79 Å². The SMILES string of the molecule is CCCN(CCC)C(=O)[C@@H]1Cc2ccccc2CN1. The van der Waals surface area contributed by atoms with Gasteiger partial charge in [0.05, 0.1) is 6.04 Å². The molecule has 0 saturated carbocycles. The highest BCUT2D eigenvalue weighted by Gasteiger charge is 2.27. The quantitative estimate of drug-likeness (QED) is 0.881. The molecule has 0 bridgehead atoms. The zero-order valence-electron chi connectivity index (χ0n) is 12.0. The zero-order valence-corrected chi connectivity index (χ0v) is 12.0. The van der Waals surface area contributed by atoms with Crippen molar-refractivity contribution >= 4 is 5.91 Å². The van der Waals surface area contributed by atoms with Gasteiger partial charge in [0.25, 0.3) is 0 Å². The molecule has 0 saturated heterocycles. The molecule has 0 spiro atoms. The minimum absolute atomic E-state index is 0.0481. The summed E-state index contributed by atoms with van der Waals surface area (Å²) in [6, 6.07) is 8.34. The summed E-state index contributed by atoms with van der Waals surface area (Å²) in [6.07, 6.45) is 2.86. The monoisotopic (exact) mass is 260 g/mol. The van der Waals surface area contributed by atoms with Crippen molar-refractivity contribution < 1.29 is 4.79 Å². The Morgan fingerprint density at radius 3 is 2.47 bits per heavy atom. The van der Waals surface area contributed by atoms with E-state index in [0.717, 1.165) is 38.9 Å². The summed E-state index contributed by atoms with van der Waals surface area (Å²) >= 11 is 0. The second-order valence-electron chi connectivity index (χ2n) is 5.23. The highest BCUT2D eigenvalue weighted by Crippen LogP contribution is 2.17. The molecule has 1 N–H and O–H groups in total. The lowest BCUT2D eigenvalue weighted by molar-refractivity contribution is -0.133. The van der Waals surface area contributed by atoms with Gasteiger partial charge in [0.1, 0.15) is 0 Å². The summed E-state index contributed by atoms with van der Waals surface area (Å²) in [5.74, 6) is 0.262. The molecule has 0 unspecified atom stereocenters. The molecule has 1 aromatic rings. The van der Waals surface area contributed by atoms with Crippen LogP contribution in [-0.2, 0) is 17.8 Å². The zero-order chi connectivity index (χ0) is 13.7. The van der Waals surface area contributed by atoms with Crippen molar-refractivity contribution in [1.82, 2.24) is 10.2 Å². The maximum atomic E-state index is 12.6. The number of hydrogen-bond donors (Lipinski definition) is 1. The molecule has 1 amide bonds. The molecule has 1 aliphatic heterocycles. The van der Waals surface area contributed by atoms with Crippen LogP contribution in [0.3, 0.4) is 0 Å². The van der Waals surface area contributed by atoms with Gasteiger partial charge in [-0.15, -0.1) is 0 Å². The van der Waals surface area contributed by atoms with Gasteiger partial charge in [-0.25, -0.2) is 0 Å². The van der Waals surface area contributed by atoms with Gasteiger partial charge in [0.2, 0.25) is 5.91 Å². The Morgan fingerprint density at radius 2 is 1.84 bits per heavy atom. The smallest absolute Gasteiger partial charge is 0.240 e. The third-order valence-electron chi connectivity index (χ3n) is 3.68. The average Bonchev–Trinajstić information content (AvgIpc) is 2.46. The van der Waals surface area contributed by atoms with Crippen molar-refractivity contribution in [3.63, 3.8) is 0 Å². The van der Waals surface area contributed by atoms with Gasteiger partial charge >= 0.3 is 0 Å². The predicted molar refractivity (Wildman–Crippen MR) is 77.9 cm³/mol. The average molecular weight is 260 g/mol. The Balaban J connectivity index is 2.04. The van der Waals surface area contributed by atoms with Crippen molar-refractivity contribution in [3.05, 3.63) is 35.4 Å². The van der Waals surface area contributed by atoms with Crippen LogP contribution in [0.5, 0.6) is 0 Å². The van der Waals surface area contributed by atoms with Crippen LogP contribution in [0.1, 0.15) is 37.8 Å². The van der Waals surface area contributed by atoms with E-state index in [-0.39, 0.29) is 11.9 Å². The van der Waals surface area contributed by atoms with Gasteiger partial charge in [-0.05, 0) is 30.4 Å². The summed E-state index contributed by atoms with van der Waals surface area (Å²) in [6.45, 7) is 6.79. The molecular formula is C16H24N2O. The molecule has 0 aliphatic carbocycles. The van der Waals surface area contributed by atoms with Crippen LogP contribution in [0.25, 0.3) is 0 Å². The second-order valence-corrected chi connectivity index (χ2v) is 5.23. The Kier molecular flexibility index (Phi) is 4.97. The molecule has 0 fully saturated rings. The summed E-state index contributed by atoms with van der Waals surface area (Å²) in [7, 11) is 0. The van der Waals surface area contributed by atoms with Crippen molar-refractivity contribution in [3.8, 4) is 0 Å². The molecule has 3 heteroatoms. The van der Waals surface area contributed by atoms with Gasteiger partial charge < -0.3 is 10.2 Å². The van der Waals surface area contributed by atoms with E-state index in [0.29, 0.717) is 0 Å². The van der Waals surface area contributed by atoms with Crippen LogP contribution in [-0.4, -0.2) is 29.9 Å². The number of carbonyl (C=O) groups is 1. The fourth-order valence-electron chi connectivity index (χ4n) is 2.72. The van der Waals surface area contributed by atoms with Crippen LogP contribution in [0.2, 0.25) is 0 Å². The minimum Gasteiger partial charge on any atom is -0.341 e. The maximum absolute atomic E-state index is 12.6. The maximum Gasteiger partial charge on any atom is 0.240 e. The molecule has 1 heterocycles. The number of rotatable bonds is 5. The summed E-state index contributed by atoms with van der Waals surface area (Å²) in [4.78, 5) is 14.6. The van der Waals surface area contributed by atoms with Crippen LogP contribution >= 0.6 is 0 Å². The van der Waals surface area contributed by atoms with Gasteiger partial charge in [-0.2, -0.15) is 0 Å². The molecule has 1 atom stereocenters. The number of benzene rings is 1. The summed E-state index contributed by atoms with van der Waals surface area (Å²) < 4.78 is 0. The number of amides is 1. The highest BCUT2D eigenvalue weighted by atomic mass is 16.2. The largest absolute Gasteiger partial charge is 0.341 e. The Bertz CT molecular complexity index is 425. The first-order chi connectivity index (χ1) is 9.26. The van der Waals surface area contributed by atoms with E-state index in [1.165, 1.54) is 11.1 Å². The highest BCUT2D eigenvalue weighted by molar-refractivity contribution is 5.82. The topological polar surface area (TPSA) is 32.3 Å². The number of nitrogens with zero attached hydrogens (tertiary/aromatic N) is 1. The van der Waals surface area contributed by atoms with Crippen LogP contribution < -0.4 is 5.32 Å². The Hall–Kier alpha value is -1.35. The lowest BCUT2D eigenvalue weighted by Gasteiger charge is -2.30.